The van der Waals surface area contributed by atoms with Gasteiger partial charge in [-0.1, -0.05) is 23.8 Å². The Labute approximate surface area is 173 Å². The topological polar surface area (TPSA) is 118 Å². The third-order valence-electron chi connectivity index (χ3n) is 4.25. The lowest BCUT2D eigenvalue weighted by atomic mass is 10.1. The van der Waals surface area contributed by atoms with Crippen molar-refractivity contribution in [3.63, 3.8) is 0 Å². The van der Waals surface area contributed by atoms with Crippen LogP contribution in [0.4, 0.5) is 5.69 Å². The Morgan fingerprint density at radius 3 is 2.70 bits per heavy atom. The van der Waals surface area contributed by atoms with Crippen LogP contribution in [0.5, 0.6) is 0 Å². The summed E-state index contributed by atoms with van der Waals surface area (Å²) in [7, 11) is 0. The van der Waals surface area contributed by atoms with E-state index in [4.69, 9.17) is 14.4 Å². The number of amides is 1. The molecular formula is C22H20N4O4. The first-order valence-corrected chi connectivity index (χ1v) is 9.34. The molecule has 1 atom stereocenters. The minimum Gasteiger partial charge on any atom is -0.453 e. The second-order valence-corrected chi connectivity index (χ2v) is 6.68. The van der Waals surface area contributed by atoms with Gasteiger partial charge in [0.1, 0.15) is 0 Å². The van der Waals surface area contributed by atoms with Crippen LogP contribution in [0.25, 0.3) is 11.5 Å². The summed E-state index contributed by atoms with van der Waals surface area (Å²) in [5.74, 6) is -0.352. The second-order valence-electron chi connectivity index (χ2n) is 6.68. The normalized spacial score (nSPS) is 11.4. The minimum atomic E-state index is -0.992. The number of carbonyl (C=O) groups is 2. The van der Waals surface area contributed by atoms with Crippen LogP contribution in [0.1, 0.15) is 30.4 Å². The number of rotatable bonds is 7. The van der Waals surface area contributed by atoms with Crippen molar-refractivity contribution >= 4 is 17.6 Å². The Bertz CT molecular complexity index is 1080. The van der Waals surface area contributed by atoms with Gasteiger partial charge in [-0.3, -0.25) is 9.59 Å². The molecule has 3 aromatic rings. The van der Waals surface area contributed by atoms with Crippen molar-refractivity contribution < 1.29 is 18.7 Å². The Morgan fingerprint density at radius 2 is 1.97 bits per heavy atom. The molecule has 0 radical (unpaired) electrons. The molecule has 0 fully saturated rings. The van der Waals surface area contributed by atoms with Gasteiger partial charge in [0.15, 0.2) is 6.10 Å². The zero-order valence-corrected chi connectivity index (χ0v) is 16.6. The third-order valence-corrected chi connectivity index (χ3v) is 4.25. The maximum Gasteiger partial charge on any atom is 0.307 e. The fourth-order valence-corrected chi connectivity index (χ4v) is 2.60. The quantitative estimate of drug-likeness (QED) is 0.599. The standard InChI is InChI=1S/C22H20N4O4/c1-14-6-8-17(9-7-14)22-26-25-19(30-22)10-11-20(27)29-15(2)21(28)24-18-5-3-4-16(12-18)13-23/h3-9,12,15H,10-11H2,1-2H3,(H,24,28). The van der Waals surface area contributed by atoms with Gasteiger partial charge in [0, 0.05) is 17.7 Å². The molecule has 0 aliphatic heterocycles. The molecule has 8 heteroatoms. The molecule has 1 N–H and O–H groups in total. The summed E-state index contributed by atoms with van der Waals surface area (Å²) in [4.78, 5) is 24.3. The molecule has 0 bridgehead atoms. The van der Waals surface area contributed by atoms with E-state index in [0.29, 0.717) is 23.0 Å². The largest absolute Gasteiger partial charge is 0.453 e. The van der Waals surface area contributed by atoms with Gasteiger partial charge in [-0.25, -0.2) is 0 Å². The third kappa shape index (κ3) is 5.52. The van der Waals surface area contributed by atoms with E-state index in [1.165, 1.54) is 13.0 Å². The molecule has 0 aliphatic carbocycles. The van der Waals surface area contributed by atoms with Crippen molar-refractivity contribution in [3.8, 4) is 17.5 Å². The van der Waals surface area contributed by atoms with E-state index >= 15 is 0 Å². The van der Waals surface area contributed by atoms with Crippen LogP contribution in [-0.2, 0) is 20.7 Å². The number of hydrogen-bond donors (Lipinski definition) is 1. The average Bonchev–Trinajstić information content (AvgIpc) is 3.22. The van der Waals surface area contributed by atoms with E-state index in [1.807, 2.05) is 37.3 Å². The highest BCUT2D eigenvalue weighted by Crippen LogP contribution is 2.19. The number of ether oxygens (including phenoxy) is 1. The van der Waals surface area contributed by atoms with E-state index in [2.05, 4.69) is 15.5 Å². The van der Waals surface area contributed by atoms with Crippen molar-refractivity contribution in [1.29, 1.82) is 5.26 Å². The maximum atomic E-state index is 12.2. The van der Waals surface area contributed by atoms with E-state index in [1.54, 1.807) is 18.2 Å². The molecule has 30 heavy (non-hydrogen) atoms. The molecule has 0 saturated carbocycles. The number of aryl methyl sites for hydroxylation is 2. The zero-order valence-electron chi connectivity index (χ0n) is 16.6. The summed E-state index contributed by atoms with van der Waals surface area (Å²) in [6.07, 6.45) is -0.790. The fourth-order valence-electron chi connectivity index (χ4n) is 2.60. The van der Waals surface area contributed by atoms with Gasteiger partial charge >= 0.3 is 5.97 Å². The van der Waals surface area contributed by atoms with Crippen LogP contribution in [0.15, 0.2) is 52.9 Å². The fraction of sp³-hybridized carbons (Fsp3) is 0.227. The van der Waals surface area contributed by atoms with Gasteiger partial charge in [-0.05, 0) is 44.2 Å². The summed E-state index contributed by atoms with van der Waals surface area (Å²) in [5, 5.41) is 19.4. The van der Waals surface area contributed by atoms with Crippen molar-refractivity contribution in [2.24, 2.45) is 0 Å². The van der Waals surface area contributed by atoms with Gasteiger partial charge < -0.3 is 14.5 Å². The Hall–Kier alpha value is -3.99. The molecule has 1 aromatic heterocycles. The number of nitrogens with one attached hydrogen (secondary N) is 1. The molecule has 1 heterocycles. The highest BCUT2D eigenvalue weighted by Gasteiger charge is 2.19. The van der Waals surface area contributed by atoms with E-state index < -0.39 is 18.0 Å². The number of carbonyl (C=O) groups excluding carboxylic acids is 2. The van der Waals surface area contributed by atoms with E-state index in [9.17, 15) is 9.59 Å². The smallest absolute Gasteiger partial charge is 0.307 e. The zero-order chi connectivity index (χ0) is 21.5. The van der Waals surface area contributed by atoms with Crippen LogP contribution in [0.3, 0.4) is 0 Å². The molecule has 8 nitrogen and oxygen atoms in total. The first kappa shape index (κ1) is 20.7. The number of aromatic nitrogens is 2. The van der Waals surface area contributed by atoms with Gasteiger partial charge in [-0.15, -0.1) is 10.2 Å². The predicted molar refractivity (Wildman–Crippen MR) is 108 cm³/mol. The molecule has 0 spiro atoms. The first-order chi connectivity index (χ1) is 14.4. The van der Waals surface area contributed by atoms with E-state index in [-0.39, 0.29) is 12.8 Å². The summed E-state index contributed by atoms with van der Waals surface area (Å²) >= 11 is 0. The lowest BCUT2D eigenvalue weighted by Gasteiger charge is -2.13. The lowest BCUT2D eigenvalue weighted by Crippen LogP contribution is -2.30. The molecule has 1 amide bonds. The van der Waals surface area contributed by atoms with Crippen LogP contribution in [0, 0.1) is 18.3 Å². The number of esters is 1. The monoisotopic (exact) mass is 404 g/mol. The van der Waals surface area contributed by atoms with Crippen molar-refractivity contribution in [1.82, 2.24) is 10.2 Å². The maximum absolute atomic E-state index is 12.2. The number of anilines is 1. The summed E-state index contributed by atoms with van der Waals surface area (Å²) in [5.41, 5.74) is 2.79. The van der Waals surface area contributed by atoms with E-state index in [0.717, 1.165) is 11.1 Å². The summed E-state index contributed by atoms with van der Waals surface area (Å²) in [6.45, 7) is 3.46. The van der Waals surface area contributed by atoms with Crippen LogP contribution in [-0.4, -0.2) is 28.2 Å². The molecule has 2 aromatic carbocycles. The molecule has 0 saturated heterocycles. The van der Waals surface area contributed by atoms with Crippen molar-refractivity contribution in [2.75, 3.05) is 5.32 Å². The van der Waals surface area contributed by atoms with Crippen LogP contribution in [0.2, 0.25) is 0 Å². The van der Waals surface area contributed by atoms with Crippen molar-refractivity contribution in [2.45, 2.75) is 32.8 Å². The average molecular weight is 404 g/mol. The predicted octanol–water partition coefficient (Wildman–Crippen LogP) is 3.42. The van der Waals surface area contributed by atoms with Crippen molar-refractivity contribution in [3.05, 3.63) is 65.5 Å². The first-order valence-electron chi connectivity index (χ1n) is 9.34. The van der Waals surface area contributed by atoms with Crippen LogP contribution < -0.4 is 5.32 Å². The highest BCUT2D eigenvalue weighted by molar-refractivity contribution is 5.95. The molecule has 1 unspecified atom stereocenters. The Kier molecular flexibility index (Phi) is 6.55. The highest BCUT2D eigenvalue weighted by atomic mass is 16.5. The molecule has 3 rings (SSSR count). The summed E-state index contributed by atoms with van der Waals surface area (Å²) in [6, 6.07) is 16.1. The summed E-state index contributed by atoms with van der Waals surface area (Å²) < 4.78 is 10.7. The van der Waals surface area contributed by atoms with Gasteiger partial charge in [0.2, 0.25) is 11.8 Å². The number of hydrogen-bond acceptors (Lipinski definition) is 7. The SMILES string of the molecule is Cc1ccc(-c2nnc(CCC(=O)OC(C)C(=O)Nc3cccc(C#N)c3)o2)cc1. The Balaban J connectivity index is 1.48. The second kappa shape index (κ2) is 9.47. The molecule has 0 aliphatic rings. The van der Waals surface area contributed by atoms with Gasteiger partial charge in [-0.2, -0.15) is 5.26 Å². The number of benzene rings is 2. The lowest BCUT2D eigenvalue weighted by molar-refractivity contribution is -0.153. The number of nitrogens with zero attached hydrogens (tertiary/aromatic N) is 3. The van der Waals surface area contributed by atoms with Gasteiger partial charge in [0.05, 0.1) is 18.1 Å². The van der Waals surface area contributed by atoms with Gasteiger partial charge in [0.25, 0.3) is 5.91 Å². The minimum absolute atomic E-state index is 0.00291. The molecule has 152 valence electrons. The molecular weight excluding hydrogens is 384 g/mol. The van der Waals surface area contributed by atoms with Crippen LogP contribution >= 0.6 is 0 Å². The number of nitriles is 1. The Morgan fingerprint density at radius 1 is 1.20 bits per heavy atom.